The van der Waals surface area contributed by atoms with Crippen LogP contribution in [0.3, 0.4) is 0 Å². The van der Waals surface area contributed by atoms with Gasteiger partial charge in [-0.2, -0.15) is 4.98 Å². The van der Waals surface area contributed by atoms with Crippen LogP contribution in [0.2, 0.25) is 0 Å². The molecule has 3 amide bonds. The first-order valence-electron chi connectivity index (χ1n) is 12.4. The number of aromatic nitrogens is 2. The van der Waals surface area contributed by atoms with Crippen molar-refractivity contribution in [2.45, 2.75) is 13.5 Å². The van der Waals surface area contributed by atoms with Gasteiger partial charge >= 0.3 is 12.1 Å². The van der Waals surface area contributed by atoms with Crippen LogP contribution in [0.4, 0.5) is 38.4 Å². The molecule has 0 fully saturated rings. The van der Waals surface area contributed by atoms with E-state index < -0.39 is 6.09 Å². The summed E-state index contributed by atoms with van der Waals surface area (Å²) in [6, 6.07) is 25.0. The van der Waals surface area contributed by atoms with Crippen LogP contribution in [0.1, 0.15) is 12.5 Å². The minimum absolute atomic E-state index is 0.0388. The molecular weight excluding hydrogens is 510 g/mol. The molecule has 10 nitrogen and oxygen atoms in total. The summed E-state index contributed by atoms with van der Waals surface area (Å²) >= 11 is 0. The molecule has 0 spiro atoms. The molecule has 1 aromatic heterocycles. The predicted octanol–water partition coefficient (Wildman–Crippen LogP) is 6.55. The highest BCUT2D eigenvalue weighted by molar-refractivity contribution is 6.10. The molecule has 0 atom stereocenters. The zero-order chi connectivity index (χ0) is 28.1. The number of methoxy groups -OCH3 is 1. The maximum atomic E-state index is 14.0. The van der Waals surface area contributed by atoms with Crippen LogP contribution in [0.15, 0.2) is 103 Å². The fraction of sp³-hybridized carbons (Fsp3) is 0.133. The van der Waals surface area contributed by atoms with E-state index >= 15 is 0 Å². The number of ether oxygens (including phenoxy) is 3. The number of hydrogen-bond donors (Lipinski definition) is 0. The Kier molecular flexibility index (Phi) is 7.58. The van der Waals surface area contributed by atoms with Crippen molar-refractivity contribution in [3.8, 4) is 5.75 Å². The summed E-state index contributed by atoms with van der Waals surface area (Å²) in [6.07, 6.45) is 0.866. The van der Waals surface area contributed by atoms with E-state index in [9.17, 15) is 9.59 Å². The van der Waals surface area contributed by atoms with Gasteiger partial charge in [-0.3, -0.25) is 4.90 Å². The van der Waals surface area contributed by atoms with E-state index in [-0.39, 0.29) is 25.3 Å². The minimum Gasteiger partial charge on any atom is -0.497 e. The smallest absolute Gasteiger partial charge is 0.424 e. The minimum atomic E-state index is -0.749. The molecule has 4 aromatic rings. The Hall–Kier alpha value is -5.38. The average Bonchev–Trinajstić information content (AvgIpc) is 2.98. The molecule has 0 N–H and O–H groups in total. The van der Waals surface area contributed by atoms with Gasteiger partial charge in [-0.25, -0.2) is 24.4 Å². The predicted molar refractivity (Wildman–Crippen MR) is 151 cm³/mol. The van der Waals surface area contributed by atoms with Crippen LogP contribution in [-0.2, 0) is 16.0 Å². The van der Waals surface area contributed by atoms with Gasteiger partial charge in [0, 0.05) is 17.4 Å². The number of urea groups is 1. The average molecular weight is 538 g/mol. The number of carbonyl (C=O) groups is 2. The summed E-state index contributed by atoms with van der Waals surface area (Å²) in [5, 5.41) is 0. The number of allylic oxidation sites excluding steroid dienone is 1. The SMILES string of the molecule is C=C(C)OCOC(=O)N(c1ccccc1)c1ncc2c(n1)N(c1ccccc1)C(=O)N(c1ccc(OC)cc1)C2. The summed E-state index contributed by atoms with van der Waals surface area (Å²) in [6.45, 7) is 5.20. The molecule has 0 bridgehead atoms. The van der Waals surface area contributed by atoms with Crippen molar-refractivity contribution in [2.75, 3.05) is 28.6 Å². The standard InChI is InChI=1S/C30H27N5O5/c1-21(2)39-20-40-30(37)35(25-12-8-5-9-13-25)28-31-18-22-19-33(23-14-16-26(38-3)17-15-23)29(36)34(27(22)32-28)24-10-6-4-7-11-24/h4-18H,1,19-20H2,2-3H3. The maximum Gasteiger partial charge on any atom is 0.424 e. The zero-order valence-electron chi connectivity index (χ0n) is 22.1. The van der Waals surface area contributed by atoms with Gasteiger partial charge in [0.1, 0.15) is 5.75 Å². The third kappa shape index (κ3) is 5.41. The molecule has 0 saturated heterocycles. The van der Waals surface area contributed by atoms with Gasteiger partial charge in [0.2, 0.25) is 12.7 Å². The number of rotatable bonds is 8. The number of fused-ring (bicyclic) bond motifs is 1. The normalized spacial score (nSPS) is 12.4. The Labute approximate surface area is 231 Å². The van der Waals surface area contributed by atoms with Crippen LogP contribution in [0.5, 0.6) is 5.75 Å². The number of carbonyl (C=O) groups excluding carboxylic acids is 2. The van der Waals surface area contributed by atoms with Gasteiger partial charge in [-0.1, -0.05) is 43.0 Å². The summed E-state index contributed by atoms with van der Waals surface area (Å²) in [5.41, 5.74) is 2.47. The van der Waals surface area contributed by atoms with E-state index in [2.05, 4.69) is 11.6 Å². The first kappa shape index (κ1) is 26.2. The monoisotopic (exact) mass is 537 g/mol. The largest absolute Gasteiger partial charge is 0.497 e. The van der Waals surface area contributed by atoms with E-state index in [1.54, 1.807) is 61.5 Å². The molecule has 2 heterocycles. The van der Waals surface area contributed by atoms with Crippen LogP contribution >= 0.6 is 0 Å². The van der Waals surface area contributed by atoms with Gasteiger partial charge in [0.15, 0.2) is 5.82 Å². The molecule has 1 aliphatic heterocycles. The summed E-state index contributed by atoms with van der Waals surface area (Å²) < 4.78 is 15.8. The topological polar surface area (TPSA) is 97.3 Å². The lowest BCUT2D eigenvalue weighted by Gasteiger charge is -2.36. The van der Waals surface area contributed by atoms with E-state index in [0.29, 0.717) is 40.0 Å². The third-order valence-electron chi connectivity index (χ3n) is 6.07. The van der Waals surface area contributed by atoms with E-state index in [1.807, 2.05) is 48.5 Å². The quantitative estimate of drug-likeness (QED) is 0.186. The lowest BCUT2D eigenvalue weighted by molar-refractivity contribution is 0.0252. The molecular formula is C30H27N5O5. The lowest BCUT2D eigenvalue weighted by atomic mass is 10.1. The highest BCUT2D eigenvalue weighted by atomic mass is 16.7. The second-order valence-electron chi connectivity index (χ2n) is 8.80. The number of para-hydroxylation sites is 2. The molecule has 5 rings (SSSR count). The molecule has 40 heavy (non-hydrogen) atoms. The first-order valence-corrected chi connectivity index (χ1v) is 12.4. The molecule has 10 heteroatoms. The number of benzene rings is 3. The van der Waals surface area contributed by atoms with E-state index in [0.717, 1.165) is 0 Å². The fourth-order valence-corrected chi connectivity index (χ4v) is 4.15. The lowest BCUT2D eigenvalue weighted by Crippen LogP contribution is -2.45. The van der Waals surface area contributed by atoms with Crippen molar-refractivity contribution >= 4 is 41.0 Å². The molecule has 0 radical (unpaired) electrons. The van der Waals surface area contributed by atoms with Crippen molar-refractivity contribution in [1.29, 1.82) is 0 Å². The summed E-state index contributed by atoms with van der Waals surface area (Å²) in [4.78, 5) is 40.8. The summed E-state index contributed by atoms with van der Waals surface area (Å²) in [5.74, 6) is 1.49. The van der Waals surface area contributed by atoms with Crippen molar-refractivity contribution < 1.29 is 23.8 Å². The van der Waals surface area contributed by atoms with Gasteiger partial charge < -0.3 is 14.2 Å². The number of amides is 3. The van der Waals surface area contributed by atoms with Crippen molar-refractivity contribution in [1.82, 2.24) is 9.97 Å². The zero-order valence-corrected chi connectivity index (χ0v) is 22.1. The maximum absolute atomic E-state index is 14.0. The Morgan fingerprint density at radius 1 is 0.950 bits per heavy atom. The van der Waals surface area contributed by atoms with Gasteiger partial charge in [-0.15, -0.1) is 0 Å². The first-order chi connectivity index (χ1) is 19.5. The number of nitrogens with zero attached hydrogens (tertiary/aromatic N) is 5. The van der Waals surface area contributed by atoms with Crippen LogP contribution in [-0.4, -0.2) is 36.0 Å². The van der Waals surface area contributed by atoms with Crippen molar-refractivity contribution in [3.05, 3.63) is 109 Å². The van der Waals surface area contributed by atoms with Gasteiger partial charge in [-0.05, 0) is 55.5 Å². The van der Waals surface area contributed by atoms with Crippen molar-refractivity contribution in [2.24, 2.45) is 0 Å². The Bertz CT molecular complexity index is 1510. The Balaban J connectivity index is 1.57. The van der Waals surface area contributed by atoms with Crippen LogP contribution in [0, 0.1) is 0 Å². The number of anilines is 5. The third-order valence-corrected chi connectivity index (χ3v) is 6.07. The second kappa shape index (κ2) is 11.6. The van der Waals surface area contributed by atoms with Gasteiger partial charge in [0.25, 0.3) is 0 Å². The molecule has 1 aliphatic rings. The second-order valence-corrected chi connectivity index (χ2v) is 8.80. The molecule has 3 aromatic carbocycles. The highest BCUT2D eigenvalue weighted by Crippen LogP contribution is 2.37. The van der Waals surface area contributed by atoms with Crippen LogP contribution in [0.25, 0.3) is 0 Å². The molecule has 0 unspecified atom stereocenters. The molecule has 202 valence electrons. The number of hydrogen-bond acceptors (Lipinski definition) is 7. The van der Waals surface area contributed by atoms with Gasteiger partial charge in [0.05, 0.1) is 30.8 Å². The van der Waals surface area contributed by atoms with E-state index in [1.165, 1.54) is 9.80 Å². The van der Waals surface area contributed by atoms with Crippen molar-refractivity contribution in [3.63, 3.8) is 0 Å². The molecule has 0 aliphatic carbocycles. The summed E-state index contributed by atoms with van der Waals surface area (Å²) in [7, 11) is 1.59. The fourth-order valence-electron chi connectivity index (χ4n) is 4.15. The van der Waals surface area contributed by atoms with Crippen LogP contribution < -0.4 is 19.4 Å². The Morgan fingerprint density at radius 2 is 1.62 bits per heavy atom. The Morgan fingerprint density at radius 3 is 2.27 bits per heavy atom. The van der Waals surface area contributed by atoms with E-state index in [4.69, 9.17) is 19.2 Å². The molecule has 0 saturated carbocycles. The highest BCUT2D eigenvalue weighted by Gasteiger charge is 2.35.